The summed E-state index contributed by atoms with van der Waals surface area (Å²) in [5, 5.41) is 12.1. The molecule has 3 rings (SSSR count). The summed E-state index contributed by atoms with van der Waals surface area (Å²) >= 11 is 3.45. The summed E-state index contributed by atoms with van der Waals surface area (Å²) < 4.78 is 22.9. The summed E-state index contributed by atoms with van der Waals surface area (Å²) in [6.07, 6.45) is 2.93. The van der Waals surface area contributed by atoms with Crippen LogP contribution in [-0.2, 0) is 16.1 Å². The Morgan fingerprint density at radius 3 is 2.57 bits per heavy atom. The molecule has 1 N–H and O–H groups in total. The van der Waals surface area contributed by atoms with E-state index in [1.54, 1.807) is 43.3 Å². The molecular weight excluding hydrogens is 540 g/mol. The number of hydrogen-bond acceptors (Lipinski definition) is 7. The van der Waals surface area contributed by atoms with Crippen LogP contribution in [0.4, 0.5) is 0 Å². The van der Waals surface area contributed by atoms with Gasteiger partial charge in [0.15, 0.2) is 18.1 Å². The van der Waals surface area contributed by atoms with E-state index in [0.29, 0.717) is 29.4 Å². The van der Waals surface area contributed by atoms with Gasteiger partial charge in [-0.15, -0.1) is 0 Å². The molecule has 3 aromatic rings. The maximum Gasteiger partial charge on any atom is 0.349 e. The minimum absolute atomic E-state index is 0.0948. The standard InChI is InChI=1S/C28H27BrN2O6/c1-4-34-26-13-19(12-20(15-30)28(33)31-16-22-6-5-11-35-22)7-9-25(26)37-27(32)17-36-24-10-8-21(29)14-23(24)18(2)3/h5-14,18H,4,16-17H2,1-3H3,(H,31,33)/b20-12+. The summed E-state index contributed by atoms with van der Waals surface area (Å²) in [5.74, 6) is 0.738. The minimum Gasteiger partial charge on any atom is -0.490 e. The van der Waals surface area contributed by atoms with Gasteiger partial charge in [-0.25, -0.2) is 4.79 Å². The molecule has 0 fully saturated rings. The Morgan fingerprint density at radius 2 is 1.89 bits per heavy atom. The van der Waals surface area contributed by atoms with E-state index in [2.05, 4.69) is 21.2 Å². The molecule has 2 aromatic carbocycles. The number of carbonyl (C=O) groups excluding carboxylic acids is 2. The number of ether oxygens (including phenoxy) is 3. The first-order chi connectivity index (χ1) is 17.8. The van der Waals surface area contributed by atoms with Crippen LogP contribution in [0.3, 0.4) is 0 Å². The normalized spacial score (nSPS) is 11.1. The number of carbonyl (C=O) groups is 2. The van der Waals surface area contributed by atoms with Gasteiger partial charge < -0.3 is 23.9 Å². The maximum atomic E-state index is 12.5. The second kappa shape index (κ2) is 13.3. The van der Waals surface area contributed by atoms with Crippen molar-refractivity contribution >= 4 is 33.9 Å². The molecule has 192 valence electrons. The SMILES string of the molecule is CCOc1cc(/C=C(\C#N)C(=O)NCc2ccco2)ccc1OC(=O)COc1ccc(Br)cc1C(C)C. The van der Waals surface area contributed by atoms with Gasteiger partial charge >= 0.3 is 5.97 Å². The predicted octanol–water partition coefficient (Wildman–Crippen LogP) is 5.77. The lowest BCUT2D eigenvalue weighted by molar-refractivity contribution is -0.136. The fourth-order valence-electron chi connectivity index (χ4n) is 3.35. The number of benzene rings is 2. The molecule has 0 bridgehead atoms. The van der Waals surface area contributed by atoms with Crippen molar-refractivity contribution in [1.82, 2.24) is 5.32 Å². The number of nitrogens with one attached hydrogen (secondary N) is 1. The van der Waals surface area contributed by atoms with Crippen LogP contribution in [0.25, 0.3) is 6.08 Å². The quantitative estimate of drug-likeness (QED) is 0.136. The van der Waals surface area contributed by atoms with E-state index >= 15 is 0 Å². The van der Waals surface area contributed by atoms with Crippen molar-refractivity contribution in [3.63, 3.8) is 0 Å². The van der Waals surface area contributed by atoms with Crippen molar-refractivity contribution in [2.75, 3.05) is 13.2 Å². The number of nitriles is 1. The fourth-order valence-corrected chi connectivity index (χ4v) is 3.73. The average Bonchev–Trinajstić information content (AvgIpc) is 3.40. The summed E-state index contributed by atoms with van der Waals surface area (Å²) in [7, 11) is 0. The molecule has 8 nitrogen and oxygen atoms in total. The summed E-state index contributed by atoms with van der Waals surface area (Å²) in [6, 6.07) is 15.7. The smallest absolute Gasteiger partial charge is 0.349 e. The molecular formula is C28H27BrN2O6. The Morgan fingerprint density at radius 1 is 1.11 bits per heavy atom. The van der Waals surface area contributed by atoms with Gasteiger partial charge in [0, 0.05) is 4.47 Å². The zero-order valence-corrected chi connectivity index (χ0v) is 22.3. The van der Waals surface area contributed by atoms with E-state index < -0.39 is 11.9 Å². The highest BCUT2D eigenvalue weighted by molar-refractivity contribution is 9.10. The molecule has 1 heterocycles. The van der Waals surface area contributed by atoms with Gasteiger partial charge in [0.1, 0.15) is 23.2 Å². The maximum absolute atomic E-state index is 12.5. The summed E-state index contributed by atoms with van der Waals surface area (Å²) in [4.78, 5) is 24.9. The molecule has 37 heavy (non-hydrogen) atoms. The van der Waals surface area contributed by atoms with Crippen LogP contribution < -0.4 is 19.5 Å². The van der Waals surface area contributed by atoms with Crippen molar-refractivity contribution in [3.8, 4) is 23.3 Å². The Hall–Kier alpha value is -4.03. The second-order valence-electron chi connectivity index (χ2n) is 8.17. The van der Waals surface area contributed by atoms with Gasteiger partial charge in [-0.3, -0.25) is 4.79 Å². The molecule has 0 saturated heterocycles. The van der Waals surface area contributed by atoms with E-state index in [4.69, 9.17) is 18.6 Å². The van der Waals surface area contributed by atoms with Crippen LogP contribution >= 0.6 is 15.9 Å². The number of amides is 1. The van der Waals surface area contributed by atoms with Crippen LogP contribution in [0.2, 0.25) is 0 Å². The lowest BCUT2D eigenvalue weighted by Gasteiger charge is -2.15. The third-order valence-electron chi connectivity index (χ3n) is 5.11. The molecule has 0 atom stereocenters. The third kappa shape index (κ3) is 7.98. The number of halogens is 1. The highest BCUT2D eigenvalue weighted by Gasteiger charge is 2.16. The Bertz CT molecular complexity index is 1310. The average molecular weight is 567 g/mol. The monoisotopic (exact) mass is 566 g/mol. The Kier molecular flexibility index (Phi) is 9.92. The van der Waals surface area contributed by atoms with E-state index in [-0.39, 0.29) is 30.4 Å². The van der Waals surface area contributed by atoms with Crippen LogP contribution in [0.15, 0.2) is 69.3 Å². The molecule has 0 aliphatic heterocycles. The van der Waals surface area contributed by atoms with Gasteiger partial charge in [0.25, 0.3) is 5.91 Å². The molecule has 1 amide bonds. The molecule has 0 saturated carbocycles. The lowest BCUT2D eigenvalue weighted by atomic mass is 10.0. The van der Waals surface area contributed by atoms with Gasteiger partial charge in [-0.05, 0) is 72.5 Å². The molecule has 0 radical (unpaired) electrons. The van der Waals surface area contributed by atoms with E-state index in [1.807, 2.05) is 32.0 Å². The Labute approximate surface area is 224 Å². The predicted molar refractivity (Wildman–Crippen MR) is 141 cm³/mol. The first-order valence-corrected chi connectivity index (χ1v) is 12.4. The highest BCUT2D eigenvalue weighted by atomic mass is 79.9. The van der Waals surface area contributed by atoms with Crippen molar-refractivity contribution in [2.45, 2.75) is 33.2 Å². The van der Waals surface area contributed by atoms with Gasteiger partial charge in [-0.2, -0.15) is 5.26 Å². The summed E-state index contributed by atoms with van der Waals surface area (Å²) in [6.45, 7) is 6.06. The van der Waals surface area contributed by atoms with Crippen LogP contribution in [0.1, 0.15) is 43.6 Å². The van der Waals surface area contributed by atoms with Crippen molar-refractivity contribution in [2.24, 2.45) is 0 Å². The van der Waals surface area contributed by atoms with Gasteiger partial charge in [0.05, 0.1) is 19.4 Å². The largest absolute Gasteiger partial charge is 0.490 e. The minimum atomic E-state index is -0.600. The summed E-state index contributed by atoms with van der Waals surface area (Å²) in [5.41, 5.74) is 1.40. The molecule has 0 spiro atoms. The van der Waals surface area contributed by atoms with Crippen LogP contribution in [0.5, 0.6) is 17.2 Å². The molecule has 0 unspecified atom stereocenters. The number of esters is 1. The van der Waals surface area contributed by atoms with E-state index in [9.17, 15) is 14.9 Å². The molecule has 0 aliphatic carbocycles. The van der Waals surface area contributed by atoms with Crippen molar-refractivity contribution < 1.29 is 28.2 Å². The van der Waals surface area contributed by atoms with Gasteiger partial charge in [0.2, 0.25) is 0 Å². The lowest BCUT2D eigenvalue weighted by Crippen LogP contribution is -2.23. The number of furan rings is 1. The van der Waals surface area contributed by atoms with Crippen LogP contribution in [0, 0.1) is 11.3 Å². The Balaban J connectivity index is 1.69. The highest BCUT2D eigenvalue weighted by Crippen LogP contribution is 2.31. The number of hydrogen-bond donors (Lipinski definition) is 1. The number of nitrogens with zero attached hydrogens (tertiary/aromatic N) is 1. The molecule has 1 aromatic heterocycles. The molecule has 0 aliphatic rings. The van der Waals surface area contributed by atoms with Crippen molar-refractivity contribution in [1.29, 1.82) is 5.26 Å². The topological polar surface area (TPSA) is 111 Å². The second-order valence-corrected chi connectivity index (χ2v) is 9.09. The number of rotatable bonds is 11. The van der Waals surface area contributed by atoms with Gasteiger partial charge in [-0.1, -0.05) is 35.8 Å². The molecule has 9 heteroatoms. The van der Waals surface area contributed by atoms with Crippen molar-refractivity contribution in [3.05, 3.63) is 81.7 Å². The third-order valence-corrected chi connectivity index (χ3v) is 5.60. The zero-order valence-electron chi connectivity index (χ0n) is 20.7. The first-order valence-electron chi connectivity index (χ1n) is 11.6. The fraction of sp³-hybridized carbons (Fsp3) is 0.250. The van der Waals surface area contributed by atoms with E-state index in [1.165, 1.54) is 12.3 Å². The zero-order chi connectivity index (χ0) is 26.8. The van der Waals surface area contributed by atoms with Crippen LogP contribution in [-0.4, -0.2) is 25.1 Å². The van der Waals surface area contributed by atoms with E-state index in [0.717, 1.165) is 10.0 Å². The first kappa shape index (κ1) is 27.6.